The second-order valence-corrected chi connectivity index (χ2v) is 27.4. The lowest BCUT2D eigenvalue weighted by Gasteiger charge is -2.32. The van der Waals surface area contributed by atoms with Crippen molar-refractivity contribution in [3.63, 3.8) is 0 Å². The minimum atomic E-state index is -0.621. The van der Waals surface area contributed by atoms with Gasteiger partial charge in [-0.1, -0.05) is 48.5 Å². The van der Waals surface area contributed by atoms with Crippen molar-refractivity contribution < 1.29 is 33.5 Å². The third-order valence-corrected chi connectivity index (χ3v) is 20.1. The summed E-state index contributed by atoms with van der Waals surface area (Å²) in [4.78, 5) is 74.4. The molecular weight excluding hydrogens is 1310 g/mol. The molecule has 2 aliphatic carbocycles. The first-order valence-corrected chi connectivity index (χ1v) is 35.2. The number of aliphatic hydroxyl groups excluding tert-OH is 1. The summed E-state index contributed by atoms with van der Waals surface area (Å²) in [7, 11) is -0.621. The van der Waals surface area contributed by atoms with Gasteiger partial charge in [0.05, 0.1) is 58.6 Å². The molecule has 510 valence electrons. The molecule has 3 N–H and O–H groups in total. The minimum Gasteiger partial charge on any atom is -0.461 e. The van der Waals surface area contributed by atoms with Crippen molar-refractivity contribution in [2.45, 2.75) is 137 Å². The Labute approximate surface area is 586 Å². The monoisotopic (exact) mass is 1390 g/mol. The number of amides is 2. The minimum absolute atomic E-state index is 0.0289. The number of aromatic nitrogens is 8. The third kappa shape index (κ3) is 14.4. The normalized spacial score (nSPS) is 16.0. The largest absolute Gasteiger partial charge is 0.495 e. The van der Waals surface area contributed by atoms with Crippen molar-refractivity contribution in [1.82, 2.24) is 38.7 Å². The average molecular weight is 1400 g/mol. The molecule has 21 nitrogen and oxygen atoms in total. The zero-order valence-corrected chi connectivity index (χ0v) is 59.2. The van der Waals surface area contributed by atoms with Gasteiger partial charge in [-0.15, -0.1) is 0 Å². The molecule has 9 heterocycles. The lowest BCUT2D eigenvalue weighted by atomic mass is 9.75. The number of nitrogens with zero attached hydrogens (tertiary/aromatic N) is 12. The highest BCUT2D eigenvalue weighted by molar-refractivity contribution is 9.10. The highest BCUT2D eigenvalue weighted by Gasteiger charge is 2.52. The van der Waals surface area contributed by atoms with E-state index in [1.54, 1.807) is 28.4 Å². The standard InChI is InChI=1S/C34H35N7O2.C27H32BNO5.C15H17BrN6/c1-3-39(4-2)31-13-11-25(19-36-31)37-32-33-35-15-17-40(33)20-29(38-32)27-6-5-7-30(28(27)21-42)41-16-14-24-18-23(22-8-9-22)10-12-26(24)34(41)43;1-17(30)32-16-22-23(28-33-26(2,3)27(4,5)34-28)7-6-8-24(22)29-14-13-20-15-19(18-9-10-18)11-12-21(20)25(29)31;1-3-21(4-2)13-6-5-11(9-18-13)19-14-15-17-7-8-22(15)10-12(16)20-14/h5-7,10-13,15,17-20,22,42H,3-4,8-9,14,16,21H2,1-2H3,(H,37,38);6-8,11-12,15,18H,9-10,13-14,16H2,1-5H3;5-10H,3-4H2,1-2H3,(H,19,20). The quantitative estimate of drug-likeness (QED) is 0.0506. The molecule has 23 heteroatoms. The summed E-state index contributed by atoms with van der Waals surface area (Å²) in [6.07, 6.45) is 21.1. The van der Waals surface area contributed by atoms with Crippen molar-refractivity contribution in [3.8, 4) is 11.3 Å². The number of carbonyl (C=O) groups excluding carboxylic acids is 3. The van der Waals surface area contributed by atoms with E-state index in [2.05, 4.69) is 113 Å². The van der Waals surface area contributed by atoms with Crippen molar-refractivity contribution in [2.24, 2.45) is 0 Å². The van der Waals surface area contributed by atoms with Crippen LogP contribution in [0.2, 0.25) is 0 Å². The number of anilines is 8. The number of hydrogen-bond acceptors (Lipinski definition) is 17. The molecule has 10 aromatic rings. The number of imidazole rings is 2. The van der Waals surface area contributed by atoms with Gasteiger partial charge >= 0.3 is 13.1 Å². The smallest absolute Gasteiger partial charge is 0.461 e. The van der Waals surface area contributed by atoms with Crippen LogP contribution in [0.4, 0.5) is 46.0 Å². The van der Waals surface area contributed by atoms with E-state index in [0.29, 0.717) is 59.2 Å². The zero-order valence-electron chi connectivity index (χ0n) is 57.6. The number of halogens is 1. The summed E-state index contributed by atoms with van der Waals surface area (Å²) < 4.78 is 22.6. The summed E-state index contributed by atoms with van der Waals surface area (Å²) >= 11 is 3.41. The first-order chi connectivity index (χ1) is 47.8. The Balaban J connectivity index is 0.000000140. The predicted molar refractivity (Wildman–Crippen MR) is 392 cm³/mol. The maximum absolute atomic E-state index is 13.7. The summed E-state index contributed by atoms with van der Waals surface area (Å²) in [5.74, 6) is 4.03. The first-order valence-electron chi connectivity index (χ1n) is 34.4. The molecule has 1 saturated heterocycles. The Kier molecular flexibility index (Phi) is 19.7. The van der Waals surface area contributed by atoms with E-state index in [9.17, 15) is 19.5 Å². The molecule has 0 radical (unpaired) electrons. The van der Waals surface area contributed by atoms with E-state index < -0.39 is 18.3 Å². The molecule has 2 saturated carbocycles. The van der Waals surface area contributed by atoms with E-state index in [-0.39, 0.29) is 31.0 Å². The van der Waals surface area contributed by atoms with Crippen molar-refractivity contribution >= 4 is 104 Å². The van der Waals surface area contributed by atoms with Crippen molar-refractivity contribution in [2.75, 3.05) is 69.5 Å². The van der Waals surface area contributed by atoms with Gasteiger partial charge in [-0.2, -0.15) is 0 Å². The fourth-order valence-corrected chi connectivity index (χ4v) is 13.6. The molecule has 15 rings (SSSR count). The second-order valence-electron chi connectivity index (χ2n) is 26.6. The fourth-order valence-electron chi connectivity index (χ4n) is 13.2. The van der Waals surface area contributed by atoms with E-state index in [1.807, 2.05) is 140 Å². The number of aliphatic hydroxyl groups is 1. The van der Waals surface area contributed by atoms with Gasteiger partial charge in [0.15, 0.2) is 22.9 Å². The van der Waals surface area contributed by atoms with Crippen molar-refractivity contribution in [1.29, 1.82) is 0 Å². The molecule has 0 bridgehead atoms. The SMILES string of the molecule is CC(=O)OCc1c(B2OC(C)(C)C(C)(C)O2)cccc1N1CCc2cc(C3CC3)ccc2C1=O.CCN(CC)c1ccc(Nc2nc(-c3cccc(N4CCc5cc(C6CC6)ccc5C4=O)c3CO)cn3ccnc23)cn1.CCN(CC)c1ccc(Nc2nc(Br)cn3ccnc23)cn1. The number of carbonyl (C=O) groups is 3. The molecule has 0 spiro atoms. The van der Waals surface area contributed by atoms with Gasteiger partial charge < -0.3 is 58.2 Å². The maximum Gasteiger partial charge on any atom is 0.495 e. The summed E-state index contributed by atoms with van der Waals surface area (Å²) in [6.45, 7) is 22.5. The van der Waals surface area contributed by atoms with Gasteiger partial charge in [0.1, 0.15) is 22.8 Å². The van der Waals surface area contributed by atoms with Gasteiger partial charge in [0.2, 0.25) is 0 Å². The molecule has 5 aliphatic rings. The highest BCUT2D eigenvalue weighted by atomic mass is 79.9. The lowest BCUT2D eigenvalue weighted by molar-refractivity contribution is -0.142. The van der Waals surface area contributed by atoms with Crippen LogP contribution in [0, 0.1) is 0 Å². The Morgan fingerprint density at radius 1 is 0.636 bits per heavy atom. The molecule has 99 heavy (non-hydrogen) atoms. The third-order valence-electron chi connectivity index (χ3n) is 19.7. The Bertz CT molecular complexity index is 4610. The van der Waals surface area contributed by atoms with Crippen LogP contribution in [0.3, 0.4) is 0 Å². The number of hydrogen-bond donors (Lipinski definition) is 3. The van der Waals surface area contributed by atoms with E-state index in [0.717, 1.165) is 117 Å². The number of nitrogens with one attached hydrogen (secondary N) is 2. The summed E-state index contributed by atoms with van der Waals surface area (Å²) in [5, 5.41) is 17.3. The Hall–Kier alpha value is -9.55. The topological polar surface area (TPSA) is 222 Å². The summed E-state index contributed by atoms with van der Waals surface area (Å²) in [6, 6.07) is 32.1. The van der Waals surface area contributed by atoms with Crippen LogP contribution in [0.5, 0.6) is 0 Å². The molecule has 2 amide bonds. The van der Waals surface area contributed by atoms with Gasteiger partial charge in [-0.25, -0.2) is 29.9 Å². The van der Waals surface area contributed by atoms with Crippen LogP contribution in [0.1, 0.15) is 154 Å². The van der Waals surface area contributed by atoms with Crippen LogP contribution in [-0.2, 0) is 44.9 Å². The van der Waals surface area contributed by atoms with E-state index in [4.69, 9.17) is 19.0 Å². The van der Waals surface area contributed by atoms with E-state index in [1.165, 1.54) is 43.7 Å². The molecule has 3 fully saturated rings. The number of benzene rings is 4. The zero-order chi connectivity index (χ0) is 69.3. The molecule has 4 aromatic carbocycles. The van der Waals surface area contributed by atoms with E-state index >= 15 is 0 Å². The summed E-state index contributed by atoms with van der Waals surface area (Å²) in [5.41, 5.74) is 13.6. The van der Waals surface area contributed by atoms with Crippen molar-refractivity contribution in [3.05, 3.63) is 196 Å². The number of rotatable bonds is 19. The number of pyridine rings is 2. The molecule has 0 unspecified atom stereocenters. The first kappa shape index (κ1) is 68.0. The number of fused-ring (bicyclic) bond motifs is 4. The van der Waals surface area contributed by atoms with Crippen LogP contribution >= 0.6 is 15.9 Å². The van der Waals surface area contributed by atoms with Crippen LogP contribution in [-0.4, -0.2) is 119 Å². The molecule has 0 atom stereocenters. The Morgan fingerprint density at radius 2 is 1.13 bits per heavy atom. The van der Waals surface area contributed by atoms with Crippen LogP contribution in [0.25, 0.3) is 22.6 Å². The second kappa shape index (κ2) is 28.7. The maximum atomic E-state index is 13.7. The van der Waals surface area contributed by atoms with Crippen LogP contribution < -0.4 is 35.7 Å². The van der Waals surface area contributed by atoms with Gasteiger partial charge in [-0.3, -0.25) is 14.4 Å². The Morgan fingerprint density at radius 3 is 1.61 bits per heavy atom. The van der Waals surface area contributed by atoms with Gasteiger partial charge in [0.25, 0.3) is 11.8 Å². The lowest BCUT2D eigenvalue weighted by Crippen LogP contribution is -2.42. The highest BCUT2D eigenvalue weighted by Crippen LogP contribution is 2.44. The van der Waals surface area contributed by atoms with Crippen LogP contribution in [0.15, 0.2) is 151 Å². The predicted octanol–water partition coefficient (Wildman–Crippen LogP) is 13.6. The fraction of sp³-hybridized carbons (Fsp3) is 0.355. The van der Waals surface area contributed by atoms with Gasteiger partial charge in [-0.05, 0) is 198 Å². The average Bonchev–Trinajstić information content (AvgIpc) is 1.75. The molecule has 3 aliphatic heterocycles. The number of esters is 1. The molecule has 6 aromatic heterocycles. The number of ether oxygens (including phenoxy) is 1. The van der Waals surface area contributed by atoms with Gasteiger partial charge in [0, 0.05) is 111 Å². The molecular formula is C76H84BBrN14O7.